The maximum absolute atomic E-state index is 4.60. The Morgan fingerprint density at radius 2 is 1.95 bits per heavy atom. The number of unbranched alkanes of at least 4 members (excludes halogenated alkanes) is 1. The molecule has 0 aliphatic heterocycles. The number of aromatic nitrogens is 3. The number of anilines is 1. The summed E-state index contributed by atoms with van der Waals surface area (Å²) < 4.78 is 0. The quantitative estimate of drug-likeness (QED) is 0.780. The molecular formula is C13H20N4S2. The standard InChI is InChI=1S/C13H20N4S2/c1-4-6-8-14-13-17-16-12(19-13)11-9(3)15-10(18-11)7-5-2/h4-8H2,1-3H3,(H,14,17). The Morgan fingerprint density at radius 3 is 2.68 bits per heavy atom. The van der Waals surface area contributed by atoms with Gasteiger partial charge in [-0.15, -0.1) is 21.5 Å². The van der Waals surface area contributed by atoms with Gasteiger partial charge in [-0.2, -0.15) is 0 Å². The van der Waals surface area contributed by atoms with E-state index in [-0.39, 0.29) is 0 Å². The zero-order valence-corrected chi connectivity index (χ0v) is 13.3. The van der Waals surface area contributed by atoms with E-state index in [1.54, 1.807) is 22.7 Å². The minimum absolute atomic E-state index is 0.910. The van der Waals surface area contributed by atoms with Gasteiger partial charge in [-0.25, -0.2) is 4.98 Å². The molecule has 0 unspecified atom stereocenters. The molecule has 2 aromatic heterocycles. The van der Waals surface area contributed by atoms with Gasteiger partial charge < -0.3 is 5.32 Å². The van der Waals surface area contributed by atoms with Gasteiger partial charge in [0.15, 0.2) is 5.01 Å². The maximum atomic E-state index is 4.60. The van der Waals surface area contributed by atoms with E-state index >= 15 is 0 Å². The van der Waals surface area contributed by atoms with Crippen LogP contribution in [-0.4, -0.2) is 21.7 Å². The molecule has 6 heteroatoms. The highest BCUT2D eigenvalue weighted by atomic mass is 32.1. The van der Waals surface area contributed by atoms with Crippen molar-refractivity contribution in [1.29, 1.82) is 0 Å². The van der Waals surface area contributed by atoms with E-state index in [4.69, 9.17) is 0 Å². The van der Waals surface area contributed by atoms with E-state index in [0.29, 0.717) is 0 Å². The second-order valence-electron chi connectivity index (χ2n) is 4.46. The summed E-state index contributed by atoms with van der Waals surface area (Å²) in [4.78, 5) is 5.77. The summed E-state index contributed by atoms with van der Waals surface area (Å²) in [6.45, 7) is 7.38. The third kappa shape index (κ3) is 3.73. The number of thiazole rings is 1. The van der Waals surface area contributed by atoms with Crippen LogP contribution < -0.4 is 5.32 Å². The smallest absolute Gasteiger partial charge is 0.206 e. The molecule has 0 amide bonds. The van der Waals surface area contributed by atoms with Crippen molar-refractivity contribution in [3.63, 3.8) is 0 Å². The molecule has 0 saturated carbocycles. The zero-order chi connectivity index (χ0) is 13.7. The normalized spacial score (nSPS) is 10.9. The molecule has 1 N–H and O–H groups in total. The van der Waals surface area contributed by atoms with Crippen LogP contribution in [0.25, 0.3) is 9.88 Å². The molecule has 0 bridgehead atoms. The van der Waals surface area contributed by atoms with Crippen LogP contribution in [0.1, 0.15) is 43.8 Å². The van der Waals surface area contributed by atoms with Crippen molar-refractivity contribution in [2.45, 2.75) is 46.5 Å². The maximum Gasteiger partial charge on any atom is 0.206 e. The lowest BCUT2D eigenvalue weighted by Gasteiger charge is -1.97. The molecule has 2 heterocycles. The van der Waals surface area contributed by atoms with Crippen molar-refractivity contribution in [3.05, 3.63) is 10.7 Å². The van der Waals surface area contributed by atoms with Gasteiger partial charge in [0.2, 0.25) is 5.13 Å². The minimum atomic E-state index is 0.910. The molecule has 2 aromatic rings. The number of nitrogens with zero attached hydrogens (tertiary/aromatic N) is 3. The first-order valence-electron chi connectivity index (χ1n) is 6.78. The largest absolute Gasteiger partial charge is 0.360 e. The Morgan fingerprint density at radius 1 is 1.11 bits per heavy atom. The lowest BCUT2D eigenvalue weighted by Crippen LogP contribution is -1.99. The molecule has 4 nitrogen and oxygen atoms in total. The van der Waals surface area contributed by atoms with Gasteiger partial charge in [-0.3, -0.25) is 0 Å². The van der Waals surface area contributed by atoms with E-state index in [9.17, 15) is 0 Å². The van der Waals surface area contributed by atoms with Crippen molar-refractivity contribution in [2.24, 2.45) is 0 Å². The van der Waals surface area contributed by atoms with E-state index in [0.717, 1.165) is 41.6 Å². The topological polar surface area (TPSA) is 50.7 Å². The first-order chi connectivity index (χ1) is 9.24. The first kappa shape index (κ1) is 14.4. The molecule has 0 aliphatic carbocycles. The fourth-order valence-electron chi connectivity index (χ4n) is 1.73. The fourth-order valence-corrected chi connectivity index (χ4v) is 3.79. The molecular weight excluding hydrogens is 276 g/mol. The number of nitrogens with one attached hydrogen (secondary N) is 1. The number of hydrogen-bond donors (Lipinski definition) is 1. The van der Waals surface area contributed by atoms with Gasteiger partial charge in [0.1, 0.15) is 0 Å². The van der Waals surface area contributed by atoms with Crippen molar-refractivity contribution < 1.29 is 0 Å². The minimum Gasteiger partial charge on any atom is -0.360 e. The van der Waals surface area contributed by atoms with Crippen molar-refractivity contribution in [3.8, 4) is 9.88 Å². The van der Waals surface area contributed by atoms with E-state index in [2.05, 4.69) is 41.3 Å². The van der Waals surface area contributed by atoms with Crippen LogP contribution >= 0.6 is 22.7 Å². The predicted octanol–water partition coefficient (Wildman–Crippen LogP) is 4.13. The van der Waals surface area contributed by atoms with Crippen LogP contribution in [0.15, 0.2) is 0 Å². The predicted molar refractivity (Wildman–Crippen MR) is 83.1 cm³/mol. The van der Waals surface area contributed by atoms with Crippen LogP contribution in [0.2, 0.25) is 0 Å². The first-order valence-corrected chi connectivity index (χ1v) is 8.42. The number of rotatable bonds is 7. The highest BCUT2D eigenvalue weighted by molar-refractivity contribution is 7.23. The summed E-state index contributed by atoms with van der Waals surface area (Å²) in [7, 11) is 0. The Balaban J connectivity index is 2.09. The second kappa shape index (κ2) is 6.96. The molecule has 0 aromatic carbocycles. The van der Waals surface area contributed by atoms with Gasteiger partial charge in [0, 0.05) is 6.54 Å². The van der Waals surface area contributed by atoms with Crippen molar-refractivity contribution in [1.82, 2.24) is 15.2 Å². The van der Waals surface area contributed by atoms with Gasteiger partial charge in [-0.05, 0) is 26.2 Å². The number of hydrogen-bond acceptors (Lipinski definition) is 6. The van der Waals surface area contributed by atoms with E-state index in [1.165, 1.54) is 16.3 Å². The Bertz CT molecular complexity index is 518. The second-order valence-corrected chi connectivity index (χ2v) is 6.53. The van der Waals surface area contributed by atoms with Gasteiger partial charge >= 0.3 is 0 Å². The van der Waals surface area contributed by atoms with Gasteiger partial charge in [-0.1, -0.05) is 31.6 Å². The fraction of sp³-hybridized carbons (Fsp3) is 0.615. The third-order valence-electron chi connectivity index (χ3n) is 2.73. The summed E-state index contributed by atoms with van der Waals surface area (Å²) in [5.41, 5.74) is 1.07. The molecule has 0 fully saturated rings. The van der Waals surface area contributed by atoms with Crippen LogP contribution in [0, 0.1) is 6.92 Å². The molecule has 0 saturated heterocycles. The Labute approximate surface area is 122 Å². The van der Waals surface area contributed by atoms with Crippen LogP contribution in [-0.2, 0) is 6.42 Å². The van der Waals surface area contributed by atoms with Crippen molar-refractivity contribution >= 4 is 27.8 Å². The Kier molecular flexibility index (Phi) is 5.27. The highest BCUT2D eigenvalue weighted by Crippen LogP contribution is 2.34. The lowest BCUT2D eigenvalue weighted by atomic mass is 10.3. The van der Waals surface area contributed by atoms with Crippen LogP contribution in [0.5, 0.6) is 0 Å². The average Bonchev–Trinajstić information content (AvgIpc) is 2.97. The van der Waals surface area contributed by atoms with Crippen LogP contribution in [0.4, 0.5) is 5.13 Å². The Hall–Kier alpha value is -1.01. The average molecular weight is 296 g/mol. The summed E-state index contributed by atoms with van der Waals surface area (Å²) >= 11 is 3.37. The summed E-state index contributed by atoms with van der Waals surface area (Å²) in [6, 6.07) is 0. The molecule has 0 atom stereocenters. The number of aryl methyl sites for hydroxylation is 2. The monoisotopic (exact) mass is 296 g/mol. The van der Waals surface area contributed by atoms with Crippen molar-refractivity contribution in [2.75, 3.05) is 11.9 Å². The molecule has 0 aliphatic rings. The molecule has 0 spiro atoms. The highest BCUT2D eigenvalue weighted by Gasteiger charge is 2.14. The lowest BCUT2D eigenvalue weighted by molar-refractivity contribution is 0.831. The molecule has 104 valence electrons. The molecule has 2 rings (SSSR count). The molecule has 0 radical (unpaired) electrons. The van der Waals surface area contributed by atoms with E-state index < -0.39 is 0 Å². The van der Waals surface area contributed by atoms with Crippen LogP contribution in [0.3, 0.4) is 0 Å². The SMILES string of the molecule is CCCCNc1nnc(-c2sc(CCC)nc2C)s1. The van der Waals surface area contributed by atoms with Gasteiger partial charge in [0.25, 0.3) is 0 Å². The zero-order valence-electron chi connectivity index (χ0n) is 11.7. The summed E-state index contributed by atoms with van der Waals surface area (Å²) in [6.07, 6.45) is 4.53. The van der Waals surface area contributed by atoms with E-state index in [1.807, 2.05) is 0 Å². The molecule has 19 heavy (non-hydrogen) atoms. The van der Waals surface area contributed by atoms with Gasteiger partial charge in [0.05, 0.1) is 15.6 Å². The summed E-state index contributed by atoms with van der Waals surface area (Å²) in [5, 5.41) is 14.9. The third-order valence-corrected chi connectivity index (χ3v) is 4.98. The summed E-state index contributed by atoms with van der Waals surface area (Å²) in [5.74, 6) is 0.